The Bertz CT molecular complexity index is 1600. The Hall–Kier alpha value is -3.89. The lowest BCUT2D eigenvalue weighted by Crippen LogP contribution is -2.68. The van der Waals surface area contributed by atoms with Crippen molar-refractivity contribution in [2.45, 2.75) is 0 Å². The van der Waals surface area contributed by atoms with Crippen molar-refractivity contribution in [3.63, 3.8) is 0 Å². The lowest BCUT2D eigenvalue weighted by atomic mass is 9.99. The van der Waals surface area contributed by atoms with E-state index in [9.17, 15) is 0 Å². The SMILES string of the molecule is Cn1cc(-c2cc(-c3ccccc3)[n+](-c3nccs3)c(-c3ccccc3)c2)c2ccccc21.[O-][Cl+3]([O-])([O-])[O-]. The van der Waals surface area contributed by atoms with Gasteiger partial charge in [-0.15, -0.1) is 10.2 Å². The van der Waals surface area contributed by atoms with Gasteiger partial charge in [0.15, 0.2) is 6.20 Å². The molecule has 0 aliphatic rings. The van der Waals surface area contributed by atoms with Gasteiger partial charge in [-0.05, 0) is 28.7 Å². The first-order chi connectivity index (χ1) is 18.3. The van der Waals surface area contributed by atoms with E-state index < -0.39 is 10.2 Å². The molecule has 0 saturated carbocycles. The van der Waals surface area contributed by atoms with Crippen molar-refractivity contribution in [3.05, 3.63) is 115 Å². The highest BCUT2D eigenvalue weighted by Gasteiger charge is 2.24. The van der Waals surface area contributed by atoms with Crippen molar-refractivity contribution in [3.8, 4) is 38.8 Å². The van der Waals surface area contributed by atoms with Crippen LogP contribution in [0, 0.1) is 10.2 Å². The molecule has 0 N–H and O–H groups in total. The number of thiazole rings is 1. The molecule has 0 saturated heterocycles. The summed E-state index contributed by atoms with van der Waals surface area (Å²) >= 11 is 1.65. The molecule has 3 heterocycles. The van der Waals surface area contributed by atoms with E-state index in [0.717, 1.165) is 27.6 Å². The summed E-state index contributed by atoms with van der Waals surface area (Å²) in [5, 5.41) is 4.24. The minimum Gasteiger partial charge on any atom is -0.350 e. The van der Waals surface area contributed by atoms with Crippen LogP contribution in [-0.2, 0) is 7.05 Å². The second-order valence-corrected chi connectivity index (χ2v) is 10.1. The minimum absolute atomic E-state index is 0.956. The predicted molar refractivity (Wildman–Crippen MR) is 136 cm³/mol. The summed E-state index contributed by atoms with van der Waals surface area (Å²) in [7, 11) is -2.83. The fourth-order valence-corrected chi connectivity index (χ4v) is 5.16. The molecule has 0 radical (unpaired) electrons. The van der Waals surface area contributed by atoms with Crippen LogP contribution in [0.2, 0.25) is 0 Å². The first kappa shape index (κ1) is 25.7. The van der Waals surface area contributed by atoms with Crippen LogP contribution in [0.1, 0.15) is 0 Å². The summed E-state index contributed by atoms with van der Waals surface area (Å²) in [6.07, 6.45) is 4.10. The monoisotopic (exact) mass is 543 g/mol. The number of hydrogen-bond donors (Lipinski definition) is 0. The number of pyridine rings is 1. The maximum Gasteiger partial charge on any atom is 0.387 e. The van der Waals surface area contributed by atoms with E-state index in [1.807, 2.05) is 11.6 Å². The number of para-hydroxylation sites is 1. The summed E-state index contributed by atoms with van der Waals surface area (Å²) in [6.45, 7) is 0. The van der Waals surface area contributed by atoms with E-state index in [1.54, 1.807) is 11.3 Å². The predicted octanol–water partition coefficient (Wildman–Crippen LogP) is 2.16. The zero-order valence-corrected chi connectivity index (χ0v) is 21.8. The molecule has 6 rings (SSSR count). The van der Waals surface area contributed by atoms with Gasteiger partial charge in [-0.1, -0.05) is 90.2 Å². The summed E-state index contributed by atoms with van der Waals surface area (Å²) < 4.78 is 38.5. The quantitative estimate of drug-likeness (QED) is 0.316. The van der Waals surface area contributed by atoms with Gasteiger partial charge in [0.05, 0.1) is 0 Å². The first-order valence-corrected chi connectivity index (χ1v) is 13.7. The number of benzene rings is 3. The topological polar surface area (TPSA) is 114 Å². The lowest BCUT2D eigenvalue weighted by molar-refractivity contribution is -2.00. The molecule has 0 atom stereocenters. The summed E-state index contributed by atoms with van der Waals surface area (Å²) in [6, 6.07) is 34.3. The fraction of sp³-hybridized carbons (Fsp3) is 0.0345. The Balaban J connectivity index is 0.000000540. The Morgan fingerprint density at radius 1 is 0.737 bits per heavy atom. The van der Waals surface area contributed by atoms with Gasteiger partial charge in [0.2, 0.25) is 0 Å². The van der Waals surface area contributed by atoms with Crippen molar-refractivity contribution in [2.75, 3.05) is 0 Å². The molecule has 0 unspecified atom stereocenters. The number of rotatable bonds is 4. The molecule has 0 aliphatic carbocycles. The third kappa shape index (κ3) is 5.66. The number of halogens is 1. The number of hydrogen-bond acceptors (Lipinski definition) is 6. The van der Waals surface area contributed by atoms with Gasteiger partial charge in [0.1, 0.15) is 11.4 Å². The maximum atomic E-state index is 8.49. The third-order valence-corrected chi connectivity index (χ3v) is 6.78. The van der Waals surface area contributed by atoms with Crippen molar-refractivity contribution in [1.82, 2.24) is 9.55 Å². The van der Waals surface area contributed by atoms with Crippen LogP contribution < -0.4 is 23.2 Å². The molecule has 7 nitrogen and oxygen atoms in total. The molecule has 6 aromatic rings. The zero-order chi connectivity index (χ0) is 26.7. The Labute approximate surface area is 225 Å². The van der Waals surface area contributed by atoms with E-state index in [0.29, 0.717) is 0 Å². The average molecular weight is 544 g/mol. The fourth-order valence-electron chi connectivity index (χ4n) is 4.50. The van der Waals surface area contributed by atoms with E-state index in [-0.39, 0.29) is 0 Å². The molecule has 0 amide bonds. The van der Waals surface area contributed by atoms with Crippen LogP contribution in [0.3, 0.4) is 0 Å². The molecule has 0 bridgehead atoms. The van der Waals surface area contributed by atoms with Crippen LogP contribution in [0.15, 0.2) is 115 Å². The van der Waals surface area contributed by atoms with Crippen molar-refractivity contribution < 1.29 is 33.4 Å². The van der Waals surface area contributed by atoms with Crippen LogP contribution in [0.5, 0.6) is 0 Å². The first-order valence-electron chi connectivity index (χ1n) is 11.6. The highest BCUT2D eigenvalue weighted by Crippen LogP contribution is 2.35. The number of nitrogens with zero attached hydrogens (tertiary/aromatic N) is 3. The number of aryl methyl sites for hydroxylation is 1. The molecule has 38 heavy (non-hydrogen) atoms. The summed E-state index contributed by atoms with van der Waals surface area (Å²) in [4.78, 5) is 4.69. The van der Waals surface area contributed by atoms with Crippen LogP contribution in [0.25, 0.3) is 49.7 Å². The molecule has 0 aliphatic heterocycles. The van der Waals surface area contributed by atoms with E-state index in [1.165, 1.54) is 22.0 Å². The van der Waals surface area contributed by atoms with Gasteiger partial charge < -0.3 is 4.57 Å². The average Bonchev–Trinajstić information content (AvgIpc) is 3.57. The molecule has 0 fully saturated rings. The summed E-state index contributed by atoms with van der Waals surface area (Å²) in [5.41, 5.74) is 8.21. The van der Waals surface area contributed by atoms with Gasteiger partial charge in [-0.3, -0.25) is 0 Å². The molecular formula is C29H22ClN3O4S. The van der Waals surface area contributed by atoms with Crippen molar-refractivity contribution in [2.24, 2.45) is 7.05 Å². The van der Waals surface area contributed by atoms with Gasteiger partial charge in [-0.2, -0.15) is 4.57 Å². The van der Waals surface area contributed by atoms with Gasteiger partial charge >= 0.3 is 5.13 Å². The van der Waals surface area contributed by atoms with Gasteiger partial charge in [0, 0.05) is 46.2 Å². The van der Waals surface area contributed by atoms with E-state index in [2.05, 4.69) is 119 Å². The highest BCUT2D eigenvalue weighted by molar-refractivity contribution is 7.11. The molecule has 3 aromatic carbocycles. The second-order valence-electron chi connectivity index (χ2n) is 8.45. The Morgan fingerprint density at radius 3 is 1.79 bits per heavy atom. The van der Waals surface area contributed by atoms with E-state index in [4.69, 9.17) is 23.6 Å². The largest absolute Gasteiger partial charge is 0.387 e. The third-order valence-electron chi connectivity index (χ3n) is 6.02. The smallest absolute Gasteiger partial charge is 0.350 e. The molecule has 0 spiro atoms. The lowest BCUT2D eigenvalue weighted by Gasteiger charge is -2.17. The molecule has 190 valence electrons. The number of aromatic nitrogens is 3. The van der Waals surface area contributed by atoms with Crippen molar-refractivity contribution in [1.29, 1.82) is 0 Å². The number of fused-ring (bicyclic) bond motifs is 1. The minimum atomic E-state index is -4.94. The second kappa shape index (κ2) is 10.8. The van der Waals surface area contributed by atoms with Gasteiger partial charge in [0.25, 0.3) is 0 Å². The van der Waals surface area contributed by atoms with Crippen LogP contribution in [0.4, 0.5) is 0 Å². The molecule has 3 aromatic heterocycles. The molecular weight excluding hydrogens is 522 g/mol. The summed E-state index contributed by atoms with van der Waals surface area (Å²) in [5.74, 6) is 0. The normalized spacial score (nSPS) is 11.3. The van der Waals surface area contributed by atoms with Crippen LogP contribution in [-0.4, -0.2) is 9.55 Å². The highest BCUT2D eigenvalue weighted by atomic mass is 35.7. The van der Waals surface area contributed by atoms with Crippen molar-refractivity contribution >= 4 is 22.2 Å². The van der Waals surface area contributed by atoms with Crippen LogP contribution >= 0.6 is 11.3 Å². The standard InChI is InChI=1S/C29H22N3S.ClHO4/c1-31-20-25(24-14-8-9-15-26(24)31)23-18-27(21-10-4-2-5-11-21)32(29-30-16-17-33-29)28(19-23)22-12-6-3-7-13-22;2-1(3,4)5/h2-20H,1H3;(H,2,3,4,5)/q+1;/p-1. The molecule has 9 heteroatoms. The van der Waals surface area contributed by atoms with Gasteiger partial charge in [-0.25, -0.2) is 18.6 Å². The Kier molecular flexibility index (Phi) is 7.35. The maximum absolute atomic E-state index is 8.49. The van der Waals surface area contributed by atoms with E-state index >= 15 is 0 Å². The zero-order valence-electron chi connectivity index (χ0n) is 20.2. The Morgan fingerprint density at radius 2 is 1.26 bits per heavy atom.